The molecule has 32 heavy (non-hydrogen) atoms. The number of carbonyl (C=O) groups is 4. The van der Waals surface area contributed by atoms with Crippen LogP contribution in [0.4, 0.5) is 5.69 Å². The number of unbranched alkanes of at least 4 members (excludes halogenated alkanes) is 2. The number of amides is 3. The first-order valence-corrected chi connectivity index (χ1v) is 11.3. The van der Waals surface area contributed by atoms with Crippen LogP contribution in [0.25, 0.3) is 0 Å². The fourth-order valence-corrected chi connectivity index (χ4v) is 3.97. The van der Waals surface area contributed by atoms with Crippen LogP contribution in [-0.4, -0.2) is 41.7 Å². The summed E-state index contributed by atoms with van der Waals surface area (Å²) in [5.74, 6) is -1.49. The average molecular weight is 522 g/mol. The molecule has 0 saturated heterocycles. The molecule has 1 aliphatic heterocycles. The second-order valence-electron chi connectivity index (χ2n) is 7.41. The minimum absolute atomic E-state index is 0.151. The lowest BCUT2D eigenvalue weighted by Gasteiger charge is -2.13. The maximum Gasteiger partial charge on any atom is 0.306 e. The summed E-state index contributed by atoms with van der Waals surface area (Å²) in [5.41, 5.74) is 2.23. The van der Waals surface area contributed by atoms with E-state index in [4.69, 9.17) is 16.3 Å². The van der Waals surface area contributed by atoms with Gasteiger partial charge in [0, 0.05) is 23.1 Å². The van der Waals surface area contributed by atoms with Gasteiger partial charge in [0.25, 0.3) is 17.7 Å². The van der Waals surface area contributed by atoms with Gasteiger partial charge in [0.2, 0.25) is 0 Å². The Morgan fingerprint density at radius 1 is 1.06 bits per heavy atom. The third-order valence-corrected chi connectivity index (χ3v) is 6.24. The highest BCUT2D eigenvalue weighted by Crippen LogP contribution is 2.29. The number of nitrogens with zero attached hydrogens (tertiary/aromatic N) is 1. The van der Waals surface area contributed by atoms with Crippen molar-refractivity contribution in [3.63, 3.8) is 0 Å². The highest BCUT2D eigenvalue weighted by atomic mass is 79.9. The van der Waals surface area contributed by atoms with Gasteiger partial charge in [0.15, 0.2) is 6.61 Å². The average Bonchev–Trinajstić information content (AvgIpc) is 3.01. The molecule has 0 aromatic heterocycles. The van der Waals surface area contributed by atoms with Gasteiger partial charge >= 0.3 is 5.97 Å². The molecule has 168 valence electrons. The van der Waals surface area contributed by atoms with Gasteiger partial charge in [-0.1, -0.05) is 30.2 Å². The normalized spacial score (nSPS) is 12.7. The molecule has 0 bridgehead atoms. The zero-order chi connectivity index (χ0) is 23.3. The standard InChI is InChI=1S/C23H22BrClN2O5/c1-14-11-17(24)18(25)12-19(14)26-20(28)13-32-21(29)9-3-2-6-10-27-22(30)15-7-4-5-8-16(15)23(27)31/h4-5,7-8,11-12H,2-3,6,9-10,13H2,1H3,(H,26,28). The molecule has 1 heterocycles. The van der Waals surface area contributed by atoms with Crippen molar-refractivity contribution in [2.45, 2.75) is 32.6 Å². The lowest BCUT2D eigenvalue weighted by atomic mass is 10.1. The largest absolute Gasteiger partial charge is 0.456 e. The molecule has 0 spiro atoms. The number of ether oxygens (including phenoxy) is 1. The van der Waals surface area contributed by atoms with E-state index in [1.54, 1.807) is 36.4 Å². The third kappa shape index (κ3) is 5.75. The van der Waals surface area contributed by atoms with E-state index in [1.807, 2.05) is 6.92 Å². The zero-order valence-corrected chi connectivity index (χ0v) is 19.8. The van der Waals surface area contributed by atoms with E-state index in [0.717, 1.165) is 10.0 Å². The van der Waals surface area contributed by atoms with Crippen LogP contribution in [-0.2, 0) is 14.3 Å². The van der Waals surface area contributed by atoms with Crippen LogP contribution in [0.5, 0.6) is 0 Å². The lowest BCUT2D eigenvalue weighted by molar-refractivity contribution is -0.147. The molecule has 9 heteroatoms. The van der Waals surface area contributed by atoms with Gasteiger partial charge in [-0.05, 0) is 65.5 Å². The summed E-state index contributed by atoms with van der Waals surface area (Å²) in [5, 5.41) is 3.13. The Balaban J connectivity index is 1.33. The summed E-state index contributed by atoms with van der Waals surface area (Å²) in [4.78, 5) is 49.8. The molecule has 7 nitrogen and oxygen atoms in total. The second-order valence-corrected chi connectivity index (χ2v) is 8.67. The molecule has 0 unspecified atom stereocenters. The number of nitrogens with one attached hydrogen (secondary N) is 1. The van der Waals surface area contributed by atoms with Crippen LogP contribution in [0, 0.1) is 6.92 Å². The Bertz CT molecular complexity index is 1040. The lowest BCUT2D eigenvalue weighted by Crippen LogP contribution is -2.30. The third-order valence-electron chi connectivity index (χ3n) is 5.05. The summed E-state index contributed by atoms with van der Waals surface area (Å²) >= 11 is 9.35. The van der Waals surface area contributed by atoms with Crippen molar-refractivity contribution in [3.8, 4) is 0 Å². The van der Waals surface area contributed by atoms with Crippen LogP contribution in [0.15, 0.2) is 40.9 Å². The highest BCUT2D eigenvalue weighted by Gasteiger charge is 2.34. The number of aryl methyl sites for hydroxylation is 1. The number of anilines is 1. The van der Waals surface area contributed by atoms with Gasteiger partial charge in [0.1, 0.15) is 0 Å². The molecule has 3 amide bonds. The first kappa shape index (κ1) is 23.9. The van der Waals surface area contributed by atoms with Gasteiger partial charge < -0.3 is 10.1 Å². The van der Waals surface area contributed by atoms with E-state index in [-0.39, 0.29) is 24.8 Å². The molecule has 0 radical (unpaired) electrons. The van der Waals surface area contributed by atoms with Crippen LogP contribution >= 0.6 is 27.5 Å². The summed E-state index contributed by atoms with van der Waals surface area (Å²) in [7, 11) is 0. The van der Waals surface area contributed by atoms with Crippen molar-refractivity contribution in [3.05, 3.63) is 62.6 Å². The Hall–Kier alpha value is -2.71. The van der Waals surface area contributed by atoms with Crippen LogP contribution < -0.4 is 5.32 Å². The van der Waals surface area contributed by atoms with E-state index in [1.165, 1.54) is 4.90 Å². The summed E-state index contributed by atoms with van der Waals surface area (Å²) in [6, 6.07) is 10.2. The first-order chi connectivity index (χ1) is 15.3. The fourth-order valence-electron chi connectivity index (χ4n) is 3.34. The Morgan fingerprint density at radius 3 is 2.38 bits per heavy atom. The summed E-state index contributed by atoms with van der Waals surface area (Å²) < 4.78 is 5.74. The second kappa shape index (κ2) is 10.7. The number of rotatable bonds is 9. The molecule has 1 aliphatic rings. The Kier molecular flexibility index (Phi) is 8.04. The molecule has 2 aromatic rings. The molecule has 3 rings (SSSR count). The quantitative estimate of drug-likeness (QED) is 0.292. The fraction of sp³-hybridized carbons (Fsp3) is 0.304. The molecule has 2 aromatic carbocycles. The Labute approximate surface area is 199 Å². The van der Waals surface area contributed by atoms with Crippen molar-refractivity contribution in [2.24, 2.45) is 0 Å². The molecule has 0 aliphatic carbocycles. The Morgan fingerprint density at radius 2 is 1.72 bits per heavy atom. The van der Waals surface area contributed by atoms with Gasteiger partial charge in [-0.2, -0.15) is 0 Å². The SMILES string of the molecule is Cc1cc(Br)c(Cl)cc1NC(=O)COC(=O)CCCCCN1C(=O)c2ccccc2C1=O. The minimum atomic E-state index is -0.480. The highest BCUT2D eigenvalue weighted by molar-refractivity contribution is 9.10. The van der Waals surface area contributed by atoms with E-state index >= 15 is 0 Å². The number of esters is 1. The maximum absolute atomic E-state index is 12.3. The van der Waals surface area contributed by atoms with Crippen LogP contribution in [0.3, 0.4) is 0 Å². The van der Waals surface area contributed by atoms with Crippen molar-refractivity contribution in [2.75, 3.05) is 18.5 Å². The predicted molar refractivity (Wildman–Crippen MR) is 124 cm³/mol. The van der Waals surface area contributed by atoms with Gasteiger partial charge in [-0.15, -0.1) is 0 Å². The van der Waals surface area contributed by atoms with Gasteiger partial charge in [-0.25, -0.2) is 0 Å². The topological polar surface area (TPSA) is 92.8 Å². The van der Waals surface area contributed by atoms with Crippen LogP contribution in [0.2, 0.25) is 5.02 Å². The number of fused-ring (bicyclic) bond motifs is 1. The number of benzene rings is 2. The number of carbonyl (C=O) groups excluding carboxylic acids is 4. The zero-order valence-electron chi connectivity index (χ0n) is 17.5. The van der Waals surface area contributed by atoms with Gasteiger partial charge in [0.05, 0.1) is 16.1 Å². The van der Waals surface area contributed by atoms with Crippen LogP contribution in [0.1, 0.15) is 52.0 Å². The number of hydrogen-bond acceptors (Lipinski definition) is 5. The van der Waals surface area contributed by atoms with Gasteiger partial charge in [-0.3, -0.25) is 24.1 Å². The predicted octanol–water partition coefficient (Wildman–Crippen LogP) is 4.75. The minimum Gasteiger partial charge on any atom is -0.456 e. The number of hydrogen-bond donors (Lipinski definition) is 1. The van der Waals surface area contributed by atoms with Crippen molar-refractivity contribution in [1.29, 1.82) is 0 Å². The monoisotopic (exact) mass is 520 g/mol. The van der Waals surface area contributed by atoms with E-state index in [0.29, 0.717) is 47.6 Å². The summed E-state index contributed by atoms with van der Waals surface area (Å²) in [6.07, 6.45) is 1.91. The maximum atomic E-state index is 12.3. The molecule has 0 atom stereocenters. The van der Waals surface area contributed by atoms with Crippen molar-refractivity contribution >= 4 is 56.9 Å². The van der Waals surface area contributed by atoms with Crippen molar-refractivity contribution in [1.82, 2.24) is 4.90 Å². The first-order valence-electron chi connectivity index (χ1n) is 10.1. The molecular weight excluding hydrogens is 500 g/mol. The van der Waals surface area contributed by atoms with E-state index < -0.39 is 11.9 Å². The van der Waals surface area contributed by atoms with Crippen molar-refractivity contribution < 1.29 is 23.9 Å². The molecule has 0 saturated carbocycles. The summed E-state index contributed by atoms with van der Waals surface area (Å²) in [6.45, 7) is 1.74. The number of halogens is 2. The molecular formula is C23H22BrClN2O5. The van der Waals surface area contributed by atoms with E-state index in [9.17, 15) is 19.2 Å². The smallest absolute Gasteiger partial charge is 0.306 e. The molecule has 1 N–H and O–H groups in total. The molecule has 0 fully saturated rings. The van der Waals surface area contributed by atoms with E-state index in [2.05, 4.69) is 21.2 Å². The number of imide groups is 1.